The molecule has 1 saturated carbocycles. The number of hydrogen-bond acceptors (Lipinski definition) is 3. The molecule has 0 aliphatic heterocycles. The molecular weight excluding hydrogens is 487 g/mol. The summed E-state index contributed by atoms with van der Waals surface area (Å²) in [6, 6.07) is 11.4. The summed E-state index contributed by atoms with van der Waals surface area (Å²) in [4.78, 5) is 28.1. The van der Waals surface area contributed by atoms with Crippen LogP contribution in [0.15, 0.2) is 36.4 Å². The van der Waals surface area contributed by atoms with Crippen molar-refractivity contribution in [2.75, 3.05) is 5.75 Å². The van der Waals surface area contributed by atoms with Crippen molar-refractivity contribution in [3.05, 3.63) is 68.7 Å². The van der Waals surface area contributed by atoms with E-state index in [1.54, 1.807) is 28.8 Å². The number of nitrogens with zero attached hydrogens (tertiary/aromatic N) is 1. The van der Waals surface area contributed by atoms with Crippen LogP contribution in [0.4, 0.5) is 0 Å². The van der Waals surface area contributed by atoms with Gasteiger partial charge in [-0.05, 0) is 56.9 Å². The molecule has 1 atom stereocenters. The van der Waals surface area contributed by atoms with Crippen LogP contribution >= 0.6 is 35.0 Å². The predicted molar refractivity (Wildman–Crippen MR) is 144 cm³/mol. The molecule has 1 fully saturated rings. The molecule has 0 aromatic heterocycles. The van der Waals surface area contributed by atoms with Crippen LogP contribution in [0.2, 0.25) is 10.0 Å². The summed E-state index contributed by atoms with van der Waals surface area (Å²) >= 11 is 13.8. The SMILES string of the molecule is Cc1cc(C)cc(CSCC(=O)N(Cc2ccc(Cl)c(Cl)c2)C(C)C(=O)NC2CCCCC2)c1. The van der Waals surface area contributed by atoms with E-state index in [-0.39, 0.29) is 17.9 Å². The van der Waals surface area contributed by atoms with Gasteiger partial charge in [-0.1, -0.05) is 77.9 Å². The number of aryl methyl sites for hydroxylation is 2. The second-order valence-electron chi connectivity index (χ2n) is 9.28. The highest BCUT2D eigenvalue weighted by atomic mass is 35.5. The van der Waals surface area contributed by atoms with Crippen molar-refractivity contribution in [2.24, 2.45) is 0 Å². The van der Waals surface area contributed by atoms with Gasteiger partial charge in [0.2, 0.25) is 11.8 Å². The Hall–Kier alpha value is -1.69. The van der Waals surface area contributed by atoms with Crippen molar-refractivity contribution in [2.45, 2.75) is 77.3 Å². The van der Waals surface area contributed by atoms with E-state index in [0.29, 0.717) is 22.3 Å². The van der Waals surface area contributed by atoms with E-state index in [1.807, 2.05) is 13.0 Å². The van der Waals surface area contributed by atoms with Crippen molar-refractivity contribution in [1.29, 1.82) is 0 Å². The zero-order valence-corrected chi connectivity index (χ0v) is 22.5. The third-order valence-corrected chi connectivity index (χ3v) is 7.96. The Kier molecular flexibility index (Phi) is 10.2. The minimum Gasteiger partial charge on any atom is -0.352 e. The minimum atomic E-state index is -0.578. The summed E-state index contributed by atoms with van der Waals surface area (Å²) in [7, 11) is 0. The Labute approximate surface area is 217 Å². The molecule has 3 rings (SSSR count). The molecule has 1 aliphatic rings. The Morgan fingerprint density at radius 3 is 2.32 bits per heavy atom. The summed E-state index contributed by atoms with van der Waals surface area (Å²) in [6.45, 7) is 6.27. The van der Waals surface area contributed by atoms with E-state index in [9.17, 15) is 9.59 Å². The number of carbonyl (C=O) groups excluding carboxylic acids is 2. The first-order valence-electron chi connectivity index (χ1n) is 11.9. The van der Waals surface area contributed by atoms with Crippen LogP contribution in [-0.2, 0) is 21.9 Å². The molecule has 2 aromatic carbocycles. The number of thioether (sulfide) groups is 1. The molecule has 0 spiro atoms. The van der Waals surface area contributed by atoms with E-state index >= 15 is 0 Å². The fourth-order valence-electron chi connectivity index (χ4n) is 4.48. The van der Waals surface area contributed by atoms with Gasteiger partial charge in [0, 0.05) is 18.3 Å². The van der Waals surface area contributed by atoms with E-state index in [1.165, 1.54) is 23.1 Å². The lowest BCUT2D eigenvalue weighted by molar-refractivity contribution is -0.139. The fraction of sp³-hybridized carbons (Fsp3) is 0.481. The Bertz CT molecular complexity index is 988. The number of amides is 2. The third kappa shape index (κ3) is 7.93. The second-order valence-corrected chi connectivity index (χ2v) is 11.1. The monoisotopic (exact) mass is 520 g/mol. The quantitative estimate of drug-likeness (QED) is 0.399. The molecule has 0 heterocycles. The van der Waals surface area contributed by atoms with Crippen LogP contribution in [0, 0.1) is 13.8 Å². The molecule has 1 N–H and O–H groups in total. The van der Waals surface area contributed by atoms with Crippen molar-refractivity contribution < 1.29 is 9.59 Å². The molecule has 0 radical (unpaired) electrons. The number of nitrogens with one attached hydrogen (secondary N) is 1. The van der Waals surface area contributed by atoms with Gasteiger partial charge in [-0.3, -0.25) is 9.59 Å². The van der Waals surface area contributed by atoms with Crippen LogP contribution in [0.5, 0.6) is 0 Å². The van der Waals surface area contributed by atoms with Gasteiger partial charge in [0.15, 0.2) is 0 Å². The first kappa shape index (κ1) is 26.9. The molecule has 0 bridgehead atoms. The zero-order chi connectivity index (χ0) is 24.7. The van der Waals surface area contributed by atoms with Gasteiger partial charge in [-0.15, -0.1) is 11.8 Å². The smallest absolute Gasteiger partial charge is 0.242 e. The predicted octanol–water partition coefficient (Wildman–Crippen LogP) is 6.71. The summed E-state index contributed by atoms with van der Waals surface area (Å²) < 4.78 is 0. The van der Waals surface area contributed by atoms with Gasteiger partial charge in [-0.25, -0.2) is 0 Å². The lowest BCUT2D eigenvalue weighted by atomic mass is 9.95. The summed E-state index contributed by atoms with van der Waals surface area (Å²) in [5.74, 6) is 0.888. The molecule has 2 amide bonds. The maximum atomic E-state index is 13.3. The first-order chi connectivity index (χ1) is 16.2. The number of benzene rings is 2. The van der Waals surface area contributed by atoms with Gasteiger partial charge >= 0.3 is 0 Å². The lowest BCUT2D eigenvalue weighted by Crippen LogP contribution is -2.50. The van der Waals surface area contributed by atoms with Crippen molar-refractivity contribution >= 4 is 46.8 Å². The molecule has 184 valence electrons. The minimum absolute atomic E-state index is 0.0632. The standard InChI is InChI=1S/C27H34Cl2N2O2S/c1-18-11-19(2)13-22(12-18)16-34-17-26(32)31(15-21-9-10-24(28)25(29)14-21)20(3)27(33)30-23-7-5-4-6-8-23/h9-14,20,23H,4-8,15-17H2,1-3H3,(H,30,33). The van der Waals surface area contributed by atoms with Gasteiger partial charge in [0.1, 0.15) is 6.04 Å². The number of halogens is 2. The van der Waals surface area contributed by atoms with Crippen LogP contribution in [-0.4, -0.2) is 34.6 Å². The van der Waals surface area contributed by atoms with Crippen molar-refractivity contribution in [3.8, 4) is 0 Å². The largest absolute Gasteiger partial charge is 0.352 e. The van der Waals surface area contributed by atoms with E-state index in [4.69, 9.17) is 23.2 Å². The molecule has 4 nitrogen and oxygen atoms in total. The fourth-order valence-corrected chi connectivity index (χ4v) is 5.64. The maximum absolute atomic E-state index is 13.3. The normalized spacial score (nSPS) is 15.1. The molecule has 2 aromatic rings. The van der Waals surface area contributed by atoms with Crippen LogP contribution in [0.3, 0.4) is 0 Å². The van der Waals surface area contributed by atoms with Gasteiger partial charge in [-0.2, -0.15) is 0 Å². The second kappa shape index (κ2) is 12.9. The molecule has 1 aliphatic carbocycles. The summed E-state index contributed by atoms with van der Waals surface area (Å²) in [5.41, 5.74) is 4.49. The zero-order valence-electron chi connectivity index (χ0n) is 20.2. The maximum Gasteiger partial charge on any atom is 0.242 e. The Morgan fingerprint density at radius 2 is 1.68 bits per heavy atom. The Morgan fingerprint density at radius 1 is 1.00 bits per heavy atom. The van der Waals surface area contributed by atoms with E-state index < -0.39 is 6.04 Å². The van der Waals surface area contributed by atoms with Gasteiger partial charge in [0.05, 0.1) is 15.8 Å². The number of rotatable bonds is 9. The van der Waals surface area contributed by atoms with Crippen LogP contribution in [0.25, 0.3) is 0 Å². The third-order valence-electron chi connectivity index (χ3n) is 6.23. The molecule has 1 unspecified atom stereocenters. The van der Waals surface area contributed by atoms with Crippen molar-refractivity contribution in [1.82, 2.24) is 10.2 Å². The van der Waals surface area contributed by atoms with E-state index in [0.717, 1.165) is 37.0 Å². The molecule has 34 heavy (non-hydrogen) atoms. The highest BCUT2D eigenvalue weighted by Crippen LogP contribution is 2.25. The highest BCUT2D eigenvalue weighted by molar-refractivity contribution is 7.99. The number of carbonyl (C=O) groups is 2. The number of hydrogen-bond donors (Lipinski definition) is 1. The van der Waals surface area contributed by atoms with Crippen LogP contribution < -0.4 is 5.32 Å². The van der Waals surface area contributed by atoms with Crippen LogP contribution in [0.1, 0.15) is 61.3 Å². The highest BCUT2D eigenvalue weighted by Gasteiger charge is 2.28. The lowest BCUT2D eigenvalue weighted by Gasteiger charge is -2.31. The summed E-state index contributed by atoms with van der Waals surface area (Å²) in [6.07, 6.45) is 5.51. The Balaban J connectivity index is 1.69. The van der Waals surface area contributed by atoms with Gasteiger partial charge < -0.3 is 10.2 Å². The van der Waals surface area contributed by atoms with Crippen molar-refractivity contribution in [3.63, 3.8) is 0 Å². The van der Waals surface area contributed by atoms with E-state index in [2.05, 4.69) is 37.4 Å². The average molecular weight is 522 g/mol. The average Bonchev–Trinajstić information content (AvgIpc) is 2.79. The summed E-state index contributed by atoms with van der Waals surface area (Å²) in [5, 5.41) is 4.08. The topological polar surface area (TPSA) is 49.4 Å². The first-order valence-corrected chi connectivity index (χ1v) is 13.8. The molecule has 0 saturated heterocycles. The van der Waals surface area contributed by atoms with Gasteiger partial charge in [0.25, 0.3) is 0 Å². The molecule has 7 heteroatoms. The molecular formula is C27H34Cl2N2O2S.